The zero-order valence-electron chi connectivity index (χ0n) is 11.5. The van der Waals surface area contributed by atoms with Crippen molar-refractivity contribution >= 4 is 11.3 Å². The van der Waals surface area contributed by atoms with Crippen molar-refractivity contribution in [2.45, 2.75) is 65.5 Å². The number of aryl methyl sites for hydroxylation is 1. The van der Waals surface area contributed by atoms with Crippen molar-refractivity contribution in [2.75, 3.05) is 0 Å². The fourth-order valence-corrected chi connectivity index (χ4v) is 3.85. The Morgan fingerprint density at radius 1 is 1.41 bits per heavy atom. The molecule has 0 saturated heterocycles. The van der Waals surface area contributed by atoms with Crippen LogP contribution in [0.5, 0.6) is 0 Å². The number of rotatable bonds is 3. The van der Waals surface area contributed by atoms with Gasteiger partial charge in [0.25, 0.3) is 0 Å². The van der Waals surface area contributed by atoms with Crippen molar-refractivity contribution in [3.63, 3.8) is 0 Å². The third kappa shape index (κ3) is 3.56. The van der Waals surface area contributed by atoms with Crippen LogP contribution in [0.25, 0.3) is 0 Å². The average Bonchev–Trinajstić information content (AvgIpc) is 2.63. The molecule has 1 aromatic heterocycles. The molecule has 1 nitrogen and oxygen atoms in total. The molecule has 1 fully saturated rings. The monoisotopic (exact) mass is 251 g/mol. The van der Waals surface area contributed by atoms with Gasteiger partial charge in [0.2, 0.25) is 0 Å². The van der Waals surface area contributed by atoms with Crippen LogP contribution in [-0.4, -0.2) is 6.04 Å². The molecule has 2 unspecified atom stereocenters. The summed E-state index contributed by atoms with van der Waals surface area (Å²) in [6.07, 6.45) is 5.43. The normalized spacial score (nSPS) is 25.8. The molecule has 1 aromatic rings. The summed E-state index contributed by atoms with van der Waals surface area (Å²) in [6, 6.07) is 5.71. The second kappa shape index (κ2) is 5.11. The largest absolute Gasteiger partial charge is 0.307 e. The quantitative estimate of drug-likeness (QED) is 0.822. The van der Waals surface area contributed by atoms with Crippen LogP contribution in [0.15, 0.2) is 12.1 Å². The van der Waals surface area contributed by atoms with Gasteiger partial charge in [-0.2, -0.15) is 0 Å². The zero-order chi connectivity index (χ0) is 12.5. The highest BCUT2D eigenvalue weighted by molar-refractivity contribution is 7.12. The minimum Gasteiger partial charge on any atom is -0.307 e. The predicted molar refractivity (Wildman–Crippen MR) is 76.6 cm³/mol. The van der Waals surface area contributed by atoms with Gasteiger partial charge >= 0.3 is 0 Å². The molecule has 1 aliphatic rings. The molecular formula is C15H25NS. The molecular weight excluding hydrogens is 226 g/mol. The highest BCUT2D eigenvalue weighted by Gasteiger charge is 2.28. The van der Waals surface area contributed by atoms with Gasteiger partial charge in [0, 0.05) is 21.8 Å². The van der Waals surface area contributed by atoms with E-state index in [4.69, 9.17) is 0 Å². The molecule has 1 heterocycles. The molecule has 1 aliphatic carbocycles. The van der Waals surface area contributed by atoms with Gasteiger partial charge in [-0.3, -0.25) is 0 Å². The van der Waals surface area contributed by atoms with Gasteiger partial charge in [-0.15, -0.1) is 11.3 Å². The molecule has 0 bridgehead atoms. The van der Waals surface area contributed by atoms with Gasteiger partial charge in [0.1, 0.15) is 0 Å². The first-order chi connectivity index (χ1) is 7.96. The summed E-state index contributed by atoms with van der Waals surface area (Å²) in [4.78, 5) is 2.89. The minimum atomic E-state index is 0.507. The third-order valence-corrected chi connectivity index (χ3v) is 5.06. The van der Waals surface area contributed by atoms with Crippen LogP contribution in [0.3, 0.4) is 0 Å². The SMILES string of the molecule is Cc1ccc(C(C)NC2CCCC(C)(C)C2)s1. The third-order valence-electron chi connectivity index (χ3n) is 3.88. The summed E-state index contributed by atoms with van der Waals surface area (Å²) in [5.74, 6) is 0. The van der Waals surface area contributed by atoms with Crippen LogP contribution < -0.4 is 5.32 Å². The maximum Gasteiger partial charge on any atom is 0.0388 e. The number of nitrogens with one attached hydrogen (secondary N) is 1. The molecule has 0 amide bonds. The molecule has 2 rings (SSSR count). The van der Waals surface area contributed by atoms with Gasteiger partial charge < -0.3 is 5.32 Å². The zero-order valence-corrected chi connectivity index (χ0v) is 12.4. The number of thiophene rings is 1. The standard InChI is InChI=1S/C15H25NS/c1-11-7-8-14(17-11)12(2)16-13-6-5-9-15(3,4)10-13/h7-8,12-13,16H,5-6,9-10H2,1-4H3. The highest BCUT2D eigenvalue weighted by Crippen LogP contribution is 2.36. The first-order valence-electron chi connectivity index (χ1n) is 6.79. The lowest BCUT2D eigenvalue weighted by atomic mass is 9.75. The van der Waals surface area contributed by atoms with E-state index >= 15 is 0 Å². The van der Waals surface area contributed by atoms with E-state index < -0.39 is 0 Å². The Balaban J connectivity index is 1.92. The van der Waals surface area contributed by atoms with Crippen LogP contribution in [0.4, 0.5) is 0 Å². The summed E-state index contributed by atoms with van der Waals surface area (Å²) >= 11 is 1.92. The van der Waals surface area contributed by atoms with Gasteiger partial charge in [-0.05, 0) is 50.7 Å². The molecule has 1 N–H and O–H groups in total. The smallest absolute Gasteiger partial charge is 0.0388 e. The van der Waals surface area contributed by atoms with Crippen LogP contribution in [0, 0.1) is 12.3 Å². The van der Waals surface area contributed by atoms with E-state index in [-0.39, 0.29) is 0 Å². The average molecular weight is 251 g/mol. The fourth-order valence-electron chi connectivity index (χ4n) is 2.96. The van der Waals surface area contributed by atoms with Crippen molar-refractivity contribution in [2.24, 2.45) is 5.41 Å². The van der Waals surface area contributed by atoms with Crippen LogP contribution in [-0.2, 0) is 0 Å². The molecule has 0 aromatic carbocycles. The highest BCUT2D eigenvalue weighted by atomic mass is 32.1. The predicted octanol–water partition coefficient (Wildman–Crippen LogP) is 4.68. The van der Waals surface area contributed by atoms with Gasteiger partial charge in [-0.1, -0.05) is 20.3 Å². The summed E-state index contributed by atoms with van der Waals surface area (Å²) in [5, 5.41) is 3.81. The topological polar surface area (TPSA) is 12.0 Å². The van der Waals surface area contributed by atoms with E-state index in [0.717, 1.165) is 0 Å². The summed E-state index contributed by atoms with van der Waals surface area (Å²) in [6.45, 7) is 9.29. The molecule has 17 heavy (non-hydrogen) atoms. The molecule has 2 heteroatoms. The Hall–Kier alpha value is -0.340. The molecule has 1 saturated carbocycles. The lowest BCUT2D eigenvalue weighted by Gasteiger charge is -2.37. The Bertz CT molecular complexity index is 367. The van der Waals surface area contributed by atoms with Gasteiger partial charge in [-0.25, -0.2) is 0 Å². The summed E-state index contributed by atoms with van der Waals surface area (Å²) in [7, 11) is 0. The second-order valence-corrected chi connectivity index (χ2v) is 7.61. The fraction of sp³-hybridized carbons (Fsp3) is 0.733. The van der Waals surface area contributed by atoms with E-state index in [1.807, 2.05) is 11.3 Å². The van der Waals surface area contributed by atoms with Gasteiger partial charge in [0.15, 0.2) is 0 Å². The Labute approximate surface area is 110 Å². The van der Waals surface area contributed by atoms with Gasteiger partial charge in [0.05, 0.1) is 0 Å². The van der Waals surface area contributed by atoms with E-state index in [2.05, 4.69) is 45.1 Å². The van der Waals surface area contributed by atoms with E-state index in [0.29, 0.717) is 17.5 Å². The van der Waals surface area contributed by atoms with E-state index in [9.17, 15) is 0 Å². The molecule has 2 atom stereocenters. The maximum atomic E-state index is 3.81. The summed E-state index contributed by atoms with van der Waals surface area (Å²) in [5.41, 5.74) is 0.529. The van der Waals surface area contributed by atoms with Crippen molar-refractivity contribution in [3.8, 4) is 0 Å². The van der Waals surface area contributed by atoms with Crippen LogP contribution in [0.1, 0.15) is 62.3 Å². The van der Waals surface area contributed by atoms with Crippen molar-refractivity contribution in [1.82, 2.24) is 5.32 Å². The van der Waals surface area contributed by atoms with E-state index in [1.54, 1.807) is 0 Å². The lowest BCUT2D eigenvalue weighted by molar-refractivity contribution is 0.191. The molecule has 96 valence electrons. The molecule has 0 aliphatic heterocycles. The number of hydrogen-bond donors (Lipinski definition) is 1. The molecule has 0 radical (unpaired) electrons. The van der Waals surface area contributed by atoms with E-state index in [1.165, 1.54) is 35.4 Å². The maximum absolute atomic E-state index is 3.81. The lowest BCUT2D eigenvalue weighted by Crippen LogP contribution is -2.38. The Morgan fingerprint density at radius 3 is 2.76 bits per heavy atom. The Morgan fingerprint density at radius 2 is 2.18 bits per heavy atom. The van der Waals surface area contributed by atoms with Crippen LogP contribution >= 0.6 is 11.3 Å². The molecule has 0 spiro atoms. The van der Waals surface area contributed by atoms with Crippen molar-refractivity contribution in [1.29, 1.82) is 0 Å². The van der Waals surface area contributed by atoms with Crippen molar-refractivity contribution < 1.29 is 0 Å². The van der Waals surface area contributed by atoms with Crippen LogP contribution in [0.2, 0.25) is 0 Å². The first kappa shape index (κ1) is 13.1. The minimum absolute atomic E-state index is 0.507. The Kier molecular flexibility index (Phi) is 3.94. The summed E-state index contributed by atoms with van der Waals surface area (Å²) < 4.78 is 0. The van der Waals surface area contributed by atoms with Crippen molar-refractivity contribution in [3.05, 3.63) is 21.9 Å². The second-order valence-electron chi connectivity index (χ2n) is 6.29. The number of hydrogen-bond acceptors (Lipinski definition) is 2. The first-order valence-corrected chi connectivity index (χ1v) is 7.60.